The Balaban J connectivity index is 1.76. The van der Waals surface area contributed by atoms with Gasteiger partial charge in [-0.3, -0.25) is 4.79 Å². The summed E-state index contributed by atoms with van der Waals surface area (Å²) in [6, 6.07) is 6.88. The van der Waals surface area contributed by atoms with Crippen LogP contribution in [0.15, 0.2) is 24.3 Å². The van der Waals surface area contributed by atoms with Crippen molar-refractivity contribution in [1.82, 2.24) is 0 Å². The number of nitrogens with one attached hydrogen (secondary N) is 1. The van der Waals surface area contributed by atoms with Crippen LogP contribution >= 0.6 is 0 Å². The molecule has 0 radical (unpaired) electrons. The van der Waals surface area contributed by atoms with Crippen LogP contribution in [0.25, 0.3) is 10.9 Å². The molecule has 3 aromatic rings. The number of Topliss-reactive ketones (excluding diaryl/α,β-unsaturated/α-hetero) is 1. The Morgan fingerprint density at radius 2 is 1.66 bits per heavy atom. The standard InChI is InChI=1S/C23H22N2O7/c1-28-19-7-12(8-20(29-2)23(19)30-3)24-22-13-9-17-18(32-11-31-17)10-15(13)25(27)14-5-4-6-16(26)21(14)22/h7-10,24H,4-6,11H2,1-3H3. The van der Waals surface area contributed by atoms with Crippen molar-refractivity contribution >= 4 is 28.1 Å². The van der Waals surface area contributed by atoms with Gasteiger partial charge in [-0.2, -0.15) is 4.73 Å². The maximum absolute atomic E-state index is 13.2. The third-order valence-corrected chi connectivity index (χ3v) is 5.79. The lowest BCUT2D eigenvalue weighted by molar-refractivity contribution is -0.586. The molecule has 0 saturated carbocycles. The van der Waals surface area contributed by atoms with Crippen molar-refractivity contribution in [2.45, 2.75) is 19.3 Å². The average molecular weight is 438 g/mol. The number of pyridine rings is 1. The van der Waals surface area contributed by atoms with Gasteiger partial charge in [0.2, 0.25) is 23.8 Å². The van der Waals surface area contributed by atoms with Crippen LogP contribution in [0, 0.1) is 5.21 Å². The van der Waals surface area contributed by atoms with Gasteiger partial charge < -0.3 is 34.2 Å². The molecule has 0 bridgehead atoms. The normalized spacial score (nSPS) is 14.3. The SMILES string of the molecule is COc1cc(Nc2c3c([n+]([O-])c4cc5c(cc24)OCO5)CCCC3=O)cc(OC)c1OC. The lowest BCUT2D eigenvalue weighted by Gasteiger charge is -2.22. The van der Waals surface area contributed by atoms with Crippen LogP contribution in [0.5, 0.6) is 28.7 Å². The maximum Gasteiger partial charge on any atom is 0.231 e. The zero-order chi connectivity index (χ0) is 22.4. The van der Waals surface area contributed by atoms with Gasteiger partial charge in [0, 0.05) is 36.7 Å². The Bertz CT molecular complexity index is 1230. The van der Waals surface area contributed by atoms with Crippen LogP contribution < -0.4 is 33.7 Å². The van der Waals surface area contributed by atoms with Crippen LogP contribution in [0.2, 0.25) is 0 Å². The predicted octanol–water partition coefficient (Wildman–Crippen LogP) is 3.49. The van der Waals surface area contributed by atoms with Crippen molar-refractivity contribution in [2.75, 3.05) is 33.4 Å². The summed E-state index contributed by atoms with van der Waals surface area (Å²) in [5.41, 5.74) is 2.40. The Hall–Kier alpha value is -3.88. The van der Waals surface area contributed by atoms with E-state index >= 15 is 0 Å². The number of hydrogen-bond donors (Lipinski definition) is 1. The molecule has 0 amide bonds. The van der Waals surface area contributed by atoms with Crippen molar-refractivity contribution in [1.29, 1.82) is 0 Å². The Morgan fingerprint density at radius 3 is 2.31 bits per heavy atom. The van der Waals surface area contributed by atoms with E-state index in [1.807, 2.05) is 0 Å². The monoisotopic (exact) mass is 438 g/mol. The molecular formula is C23H22N2O7. The van der Waals surface area contributed by atoms with Crippen molar-refractivity contribution in [2.24, 2.45) is 0 Å². The number of rotatable bonds is 5. The average Bonchev–Trinajstić information content (AvgIpc) is 3.27. The summed E-state index contributed by atoms with van der Waals surface area (Å²) < 4.78 is 28.1. The number of methoxy groups -OCH3 is 3. The molecular weight excluding hydrogens is 416 g/mol. The fraction of sp³-hybridized carbons (Fsp3) is 0.304. The molecule has 0 atom stereocenters. The number of ether oxygens (including phenoxy) is 5. The Morgan fingerprint density at radius 1 is 0.969 bits per heavy atom. The summed E-state index contributed by atoms with van der Waals surface area (Å²) in [6.07, 6.45) is 1.53. The number of ketones is 1. The summed E-state index contributed by atoms with van der Waals surface area (Å²) in [5, 5.41) is 17.1. The molecule has 166 valence electrons. The second-order valence-corrected chi connectivity index (χ2v) is 7.53. The number of nitrogens with zero attached hydrogens (tertiary/aromatic N) is 1. The summed E-state index contributed by atoms with van der Waals surface area (Å²) in [7, 11) is 4.60. The molecule has 9 nitrogen and oxygen atoms in total. The van der Waals surface area contributed by atoms with E-state index in [9.17, 15) is 10.0 Å². The number of hydrogen-bond acceptors (Lipinski definition) is 8. The zero-order valence-corrected chi connectivity index (χ0v) is 17.9. The highest BCUT2D eigenvalue weighted by molar-refractivity contribution is 6.10. The van der Waals surface area contributed by atoms with Crippen LogP contribution in [-0.4, -0.2) is 33.9 Å². The molecule has 1 N–H and O–H groups in total. The predicted molar refractivity (Wildman–Crippen MR) is 116 cm³/mol. The van der Waals surface area contributed by atoms with Crippen molar-refractivity contribution in [3.05, 3.63) is 40.7 Å². The van der Waals surface area contributed by atoms with E-state index in [1.165, 1.54) is 21.3 Å². The second kappa shape index (κ2) is 7.67. The molecule has 1 aliphatic heterocycles. The van der Waals surface area contributed by atoms with Crippen molar-refractivity contribution in [3.63, 3.8) is 0 Å². The molecule has 32 heavy (non-hydrogen) atoms. The third kappa shape index (κ3) is 3.00. The summed E-state index contributed by atoms with van der Waals surface area (Å²) >= 11 is 0. The summed E-state index contributed by atoms with van der Waals surface area (Å²) in [6.45, 7) is 0.0821. The first-order chi connectivity index (χ1) is 15.5. The van der Waals surface area contributed by atoms with Crippen molar-refractivity contribution < 1.29 is 33.2 Å². The van der Waals surface area contributed by atoms with Gasteiger partial charge in [0.15, 0.2) is 28.8 Å². The number of carbonyl (C=O) groups is 1. The fourth-order valence-electron chi connectivity index (χ4n) is 4.32. The van der Waals surface area contributed by atoms with Gasteiger partial charge in [0.05, 0.1) is 38.5 Å². The summed E-state index contributed by atoms with van der Waals surface area (Å²) in [5.74, 6) is 2.33. The van der Waals surface area contributed by atoms with Gasteiger partial charge >= 0.3 is 0 Å². The zero-order valence-electron chi connectivity index (χ0n) is 17.9. The number of carbonyl (C=O) groups excluding carboxylic acids is 1. The quantitative estimate of drug-likeness (QED) is 0.477. The minimum atomic E-state index is -0.0784. The molecule has 0 saturated heterocycles. The molecule has 2 aliphatic rings. The number of anilines is 2. The number of aromatic nitrogens is 1. The second-order valence-electron chi connectivity index (χ2n) is 7.53. The molecule has 0 unspecified atom stereocenters. The molecule has 0 spiro atoms. The molecule has 2 heterocycles. The first-order valence-electron chi connectivity index (χ1n) is 10.2. The molecule has 0 fully saturated rings. The lowest BCUT2D eigenvalue weighted by Crippen LogP contribution is -2.37. The van der Waals surface area contributed by atoms with E-state index in [-0.39, 0.29) is 12.6 Å². The largest absolute Gasteiger partial charge is 0.618 e. The van der Waals surface area contributed by atoms with E-state index in [0.717, 1.165) is 4.73 Å². The minimum Gasteiger partial charge on any atom is -0.618 e. The highest BCUT2D eigenvalue weighted by Crippen LogP contribution is 2.44. The van der Waals surface area contributed by atoms with Gasteiger partial charge in [-0.05, 0) is 6.42 Å². The Kier molecular flexibility index (Phi) is 4.80. The molecule has 2 aromatic carbocycles. The fourth-order valence-corrected chi connectivity index (χ4v) is 4.32. The molecule has 9 heteroatoms. The van der Waals surface area contributed by atoms with E-state index in [0.29, 0.717) is 81.5 Å². The van der Waals surface area contributed by atoms with Gasteiger partial charge in [-0.15, -0.1) is 0 Å². The van der Waals surface area contributed by atoms with Gasteiger partial charge in [-0.25, -0.2) is 0 Å². The molecule has 1 aromatic heterocycles. The summed E-state index contributed by atoms with van der Waals surface area (Å²) in [4.78, 5) is 13.0. The lowest BCUT2D eigenvalue weighted by atomic mass is 9.91. The van der Waals surface area contributed by atoms with Gasteiger partial charge in [-0.1, -0.05) is 0 Å². The van der Waals surface area contributed by atoms with Gasteiger partial charge in [0.25, 0.3) is 0 Å². The third-order valence-electron chi connectivity index (χ3n) is 5.79. The highest BCUT2D eigenvalue weighted by atomic mass is 16.7. The van der Waals surface area contributed by atoms with Crippen molar-refractivity contribution in [3.8, 4) is 28.7 Å². The molecule has 5 rings (SSSR count). The van der Waals surface area contributed by atoms with Crippen LogP contribution in [-0.2, 0) is 6.42 Å². The van der Waals surface area contributed by atoms with Crippen LogP contribution in [0.4, 0.5) is 11.4 Å². The van der Waals surface area contributed by atoms with E-state index in [4.69, 9.17) is 23.7 Å². The maximum atomic E-state index is 13.2. The van der Waals surface area contributed by atoms with Gasteiger partial charge in [0.1, 0.15) is 5.56 Å². The smallest absolute Gasteiger partial charge is 0.231 e. The minimum absolute atomic E-state index is 0.0784. The topological polar surface area (TPSA) is 102 Å². The first kappa shape index (κ1) is 20.0. The van der Waals surface area contributed by atoms with E-state index in [1.54, 1.807) is 24.3 Å². The number of benzene rings is 2. The van der Waals surface area contributed by atoms with E-state index < -0.39 is 0 Å². The van der Waals surface area contributed by atoms with E-state index in [2.05, 4.69) is 5.32 Å². The Labute approximate surface area is 184 Å². The number of fused-ring (bicyclic) bond motifs is 3. The highest BCUT2D eigenvalue weighted by Gasteiger charge is 2.33. The first-order valence-corrected chi connectivity index (χ1v) is 10.2. The molecule has 1 aliphatic carbocycles. The van der Waals surface area contributed by atoms with Crippen LogP contribution in [0.3, 0.4) is 0 Å². The van der Waals surface area contributed by atoms with Crippen LogP contribution in [0.1, 0.15) is 28.9 Å².